The van der Waals surface area contributed by atoms with Gasteiger partial charge in [0.1, 0.15) is 0 Å². The minimum Gasteiger partial charge on any atom is -0.294 e. The molecule has 2 aromatic carbocycles. The zero-order valence-electron chi connectivity index (χ0n) is 10.6. The number of benzene rings is 2. The SMILES string of the molecule is CC(=O)c1ccc(NS(=O)(=O)c2ccccc2)cc1Cl. The summed E-state index contributed by atoms with van der Waals surface area (Å²) in [4.78, 5) is 11.4. The molecule has 0 unspecified atom stereocenters. The van der Waals surface area contributed by atoms with Gasteiger partial charge in [0, 0.05) is 5.56 Å². The van der Waals surface area contributed by atoms with Crippen molar-refractivity contribution < 1.29 is 13.2 Å². The maximum Gasteiger partial charge on any atom is 0.261 e. The minimum absolute atomic E-state index is 0.159. The first-order chi connectivity index (χ1) is 9.40. The van der Waals surface area contributed by atoms with Gasteiger partial charge in [-0.1, -0.05) is 29.8 Å². The van der Waals surface area contributed by atoms with Crippen LogP contribution in [0.15, 0.2) is 53.4 Å². The Morgan fingerprint density at radius 1 is 1.10 bits per heavy atom. The first kappa shape index (κ1) is 14.6. The summed E-state index contributed by atoms with van der Waals surface area (Å²) in [5.74, 6) is -0.174. The predicted octanol–water partition coefficient (Wildman–Crippen LogP) is 3.34. The molecule has 4 nitrogen and oxygen atoms in total. The fourth-order valence-corrected chi connectivity index (χ4v) is 3.06. The molecule has 0 amide bonds. The minimum atomic E-state index is -3.66. The molecule has 0 aliphatic rings. The lowest BCUT2D eigenvalue weighted by molar-refractivity contribution is 0.101. The van der Waals surface area contributed by atoms with E-state index in [0.717, 1.165) is 0 Å². The third kappa shape index (κ3) is 3.18. The molecule has 0 heterocycles. The molecule has 0 saturated heterocycles. The lowest BCUT2D eigenvalue weighted by Gasteiger charge is -2.09. The van der Waals surface area contributed by atoms with Crippen molar-refractivity contribution in [2.24, 2.45) is 0 Å². The molecular weight excluding hydrogens is 298 g/mol. The van der Waals surface area contributed by atoms with Crippen LogP contribution in [0.4, 0.5) is 5.69 Å². The molecule has 20 heavy (non-hydrogen) atoms. The number of rotatable bonds is 4. The van der Waals surface area contributed by atoms with Crippen LogP contribution in [0, 0.1) is 0 Å². The van der Waals surface area contributed by atoms with Gasteiger partial charge in [0.05, 0.1) is 15.6 Å². The van der Waals surface area contributed by atoms with Crippen LogP contribution in [-0.2, 0) is 10.0 Å². The smallest absolute Gasteiger partial charge is 0.261 e. The van der Waals surface area contributed by atoms with Crippen molar-refractivity contribution in [2.75, 3.05) is 4.72 Å². The molecule has 0 aliphatic heterocycles. The Bertz CT molecular complexity index is 742. The average Bonchev–Trinajstić information content (AvgIpc) is 2.39. The summed E-state index contributed by atoms with van der Waals surface area (Å²) in [5, 5.41) is 0.214. The average molecular weight is 310 g/mol. The molecule has 0 bridgehead atoms. The molecule has 1 N–H and O–H groups in total. The topological polar surface area (TPSA) is 63.2 Å². The standard InChI is InChI=1S/C14H12ClNO3S/c1-10(17)13-8-7-11(9-14(13)15)16-20(18,19)12-5-3-2-4-6-12/h2-9,16H,1H3. The summed E-state index contributed by atoms with van der Waals surface area (Å²) >= 11 is 5.94. The zero-order chi connectivity index (χ0) is 14.8. The molecule has 0 atom stereocenters. The van der Waals surface area contributed by atoms with Crippen LogP contribution in [-0.4, -0.2) is 14.2 Å². The summed E-state index contributed by atoms with van der Waals surface area (Å²) in [6.45, 7) is 1.40. The van der Waals surface area contributed by atoms with Gasteiger partial charge in [0.2, 0.25) is 0 Å². The van der Waals surface area contributed by atoms with Crippen LogP contribution in [0.5, 0.6) is 0 Å². The van der Waals surface area contributed by atoms with Crippen molar-refractivity contribution in [3.05, 3.63) is 59.1 Å². The second-order valence-corrected chi connectivity index (χ2v) is 6.26. The molecule has 0 aromatic heterocycles. The summed E-state index contributed by atoms with van der Waals surface area (Å²) in [7, 11) is -3.66. The fraction of sp³-hybridized carbons (Fsp3) is 0.0714. The highest BCUT2D eigenvalue weighted by Gasteiger charge is 2.14. The predicted molar refractivity (Wildman–Crippen MR) is 78.7 cm³/mol. The van der Waals surface area contributed by atoms with Crippen molar-refractivity contribution in [2.45, 2.75) is 11.8 Å². The van der Waals surface area contributed by atoms with Gasteiger partial charge in [-0.05, 0) is 37.3 Å². The number of hydrogen-bond acceptors (Lipinski definition) is 3. The lowest BCUT2D eigenvalue weighted by Crippen LogP contribution is -2.13. The number of carbonyl (C=O) groups is 1. The Morgan fingerprint density at radius 3 is 2.30 bits per heavy atom. The van der Waals surface area contributed by atoms with E-state index in [9.17, 15) is 13.2 Å². The van der Waals surface area contributed by atoms with Crippen LogP contribution in [0.25, 0.3) is 0 Å². The molecule has 0 aliphatic carbocycles. The van der Waals surface area contributed by atoms with Crippen molar-refractivity contribution >= 4 is 33.1 Å². The van der Waals surface area contributed by atoms with Gasteiger partial charge in [0.15, 0.2) is 5.78 Å². The molecule has 2 aromatic rings. The molecule has 0 saturated carbocycles. The number of halogens is 1. The van der Waals surface area contributed by atoms with Crippen LogP contribution < -0.4 is 4.72 Å². The largest absolute Gasteiger partial charge is 0.294 e. The van der Waals surface area contributed by atoms with Crippen molar-refractivity contribution in [1.82, 2.24) is 0 Å². The zero-order valence-corrected chi connectivity index (χ0v) is 12.2. The van der Waals surface area contributed by atoms with E-state index in [-0.39, 0.29) is 15.7 Å². The van der Waals surface area contributed by atoms with Crippen molar-refractivity contribution in [3.63, 3.8) is 0 Å². The molecule has 0 fully saturated rings. The highest BCUT2D eigenvalue weighted by Crippen LogP contribution is 2.23. The summed E-state index contributed by atoms with van der Waals surface area (Å²) in [6.07, 6.45) is 0. The maximum atomic E-state index is 12.1. The normalized spacial score (nSPS) is 11.1. The highest BCUT2D eigenvalue weighted by atomic mass is 35.5. The van der Waals surface area contributed by atoms with Crippen LogP contribution in [0.2, 0.25) is 5.02 Å². The lowest BCUT2D eigenvalue weighted by atomic mass is 10.1. The number of anilines is 1. The summed E-state index contributed by atoms with van der Waals surface area (Å²) in [5.41, 5.74) is 0.665. The number of ketones is 1. The Labute approximate surface area is 122 Å². The van der Waals surface area contributed by atoms with Gasteiger partial charge < -0.3 is 0 Å². The van der Waals surface area contributed by atoms with E-state index in [2.05, 4.69) is 4.72 Å². The Kier molecular flexibility index (Phi) is 4.11. The molecule has 6 heteroatoms. The molecule has 0 spiro atoms. The van der Waals surface area contributed by atoms with E-state index >= 15 is 0 Å². The number of Topliss-reactive ketones (excluding diaryl/α,β-unsaturated/α-hetero) is 1. The number of nitrogens with one attached hydrogen (secondary N) is 1. The molecule has 0 radical (unpaired) electrons. The van der Waals surface area contributed by atoms with Crippen molar-refractivity contribution in [1.29, 1.82) is 0 Å². The van der Waals surface area contributed by atoms with E-state index < -0.39 is 10.0 Å². The monoisotopic (exact) mass is 309 g/mol. The van der Waals surface area contributed by atoms with Gasteiger partial charge in [0.25, 0.3) is 10.0 Å². The van der Waals surface area contributed by atoms with E-state index in [1.165, 1.54) is 37.3 Å². The van der Waals surface area contributed by atoms with E-state index in [4.69, 9.17) is 11.6 Å². The highest BCUT2D eigenvalue weighted by molar-refractivity contribution is 7.92. The Morgan fingerprint density at radius 2 is 1.75 bits per heavy atom. The molecule has 104 valence electrons. The maximum absolute atomic E-state index is 12.1. The van der Waals surface area contributed by atoms with E-state index in [1.54, 1.807) is 18.2 Å². The quantitative estimate of drug-likeness (QED) is 0.881. The van der Waals surface area contributed by atoms with Gasteiger partial charge in [-0.25, -0.2) is 8.42 Å². The number of sulfonamides is 1. The first-order valence-corrected chi connectivity index (χ1v) is 7.64. The molecule has 2 rings (SSSR count). The molecular formula is C14H12ClNO3S. The van der Waals surface area contributed by atoms with Crippen LogP contribution in [0.3, 0.4) is 0 Å². The van der Waals surface area contributed by atoms with Gasteiger partial charge in [-0.15, -0.1) is 0 Å². The number of hydrogen-bond donors (Lipinski definition) is 1. The fourth-order valence-electron chi connectivity index (χ4n) is 1.68. The Hall–Kier alpha value is -1.85. The van der Waals surface area contributed by atoms with Gasteiger partial charge in [-0.3, -0.25) is 9.52 Å². The number of carbonyl (C=O) groups excluding carboxylic acids is 1. The van der Waals surface area contributed by atoms with E-state index in [1.807, 2.05) is 0 Å². The summed E-state index contributed by atoms with van der Waals surface area (Å²) < 4.78 is 26.6. The van der Waals surface area contributed by atoms with Crippen molar-refractivity contribution in [3.8, 4) is 0 Å². The second-order valence-electron chi connectivity index (χ2n) is 4.17. The van der Waals surface area contributed by atoms with Gasteiger partial charge >= 0.3 is 0 Å². The van der Waals surface area contributed by atoms with Gasteiger partial charge in [-0.2, -0.15) is 0 Å². The third-order valence-electron chi connectivity index (χ3n) is 2.65. The Balaban J connectivity index is 2.31. The van der Waals surface area contributed by atoms with Crippen LogP contribution in [0.1, 0.15) is 17.3 Å². The van der Waals surface area contributed by atoms with E-state index in [0.29, 0.717) is 11.3 Å². The second kappa shape index (κ2) is 5.64. The first-order valence-electron chi connectivity index (χ1n) is 5.78. The van der Waals surface area contributed by atoms with Crippen LogP contribution >= 0.6 is 11.6 Å². The summed E-state index contributed by atoms with van der Waals surface area (Å²) in [6, 6.07) is 12.4. The third-order valence-corrected chi connectivity index (χ3v) is 4.36.